The summed E-state index contributed by atoms with van der Waals surface area (Å²) in [5.74, 6) is 0.623. The van der Waals surface area contributed by atoms with Gasteiger partial charge in [-0.1, -0.05) is 37.3 Å². The Balaban J connectivity index is 1.59. The van der Waals surface area contributed by atoms with E-state index < -0.39 is 10.2 Å². The van der Waals surface area contributed by atoms with Gasteiger partial charge in [0.1, 0.15) is 0 Å². The highest BCUT2D eigenvalue weighted by atomic mass is 32.2. The molecule has 0 bridgehead atoms. The topological polar surface area (TPSA) is 58.6 Å². The molecule has 22 heavy (non-hydrogen) atoms. The van der Waals surface area contributed by atoms with E-state index in [1.54, 1.807) is 4.31 Å². The quantitative estimate of drug-likeness (QED) is 0.745. The lowest BCUT2D eigenvalue weighted by molar-refractivity contribution is 0.119. The first kappa shape index (κ1) is 17.4. The molecule has 2 rings (SSSR count). The van der Waals surface area contributed by atoms with Crippen molar-refractivity contribution in [3.63, 3.8) is 0 Å². The molecule has 0 atom stereocenters. The summed E-state index contributed by atoms with van der Waals surface area (Å²) in [6.07, 6.45) is 2.57. The largest absolute Gasteiger partial charge is 0.377 e. The Labute approximate surface area is 133 Å². The van der Waals surface area contributed by atoms with Crippen molar-refractivity contribution in [1.29, 1.82) is 0 Å². The highest BCUT2D eigenvalue weighted by Crippen LogP contribution is 2.17. The minimum atomic E-state index is -3.32. The van der Waals surface area contributed by atoms with Crippen LogP contribution in [-0.4, -0.2) is 39.0 Å². The first-order valence-corrected chi connectivity index (χ1v) is 9.38. The molecule has 6 heteroatoms. The molecule has 5 nitrogen and oxygen atoms in total. The van der Waals surface area contributed by atoms with Crippen molar-refractivity contribution < 1.29 is 13.2 Å². The van der Waals surface area contributed by atoms with Crippen LogP contribution in [0.5, 0.6) is 0 Å². The highest BCUT2D eigenvalue weighted by Gasteiger charge is 2.25. The third kappa shape index (κ3) is 5.68. The zero-order valence-electron chi connectivity index (χ0n) is 13.2. The molecule has 1 aromatic rings. The molecule has 1 heterocycles. The summed E-state index contributed by atoms with van der Waals surface area (Å²) in [6.45, 7) is 4.96. The predicted octanol–water partition coefficient (Wildman–Crippen LogP) is 2.16. The van der Waals surface area contributed by atoms with E-state index in [-0.39, 0.29) is 0 Å². The molecule has 1 aromatic carbocycles. The fourth-order valence-corrected chi connectivity index (χ4v) is 3.73. The van der Waals surface area contributed by atoms with Gasteiger partial charge in [0.2, 0.25) is 0 Å². The fraction of sp³-hybridized carbons (Fsp3) is 0.625. The second-order valence-corrected chi connectivity index (χ2v) is 7.63. The van der Waals surface area contributed by atoms with Gasteiger partial charge in [0.25, 0.3) is 10.2 Å². The second-order valence-electron chi connectivity index (χ2n) is 5.87. The van der Waals surface area contributed by atoms with Crippen LogP contribution in [-0.2, 0) is 21.6 Å². The van der Waals surface area contributed by atoms with Gasteiger partial charge in [0.15, 0.2) is 0 Å². The molecule has 1 N–H and O–H groups in total. The number of hydrogen-bond acceptors (Lipinski definition) is 3. The van der Waals surface area contributed by atoms with Crippen LogP contribution in [0.25, 0.3) is 0 Å². The zero-order chi connectivity index (χ0) is 15.8. The van der Waals surface area contributed by atoms with Crippen LogP contribution in [0.2, 0.25) is 0 Å². The molecule has 1 aliphatic rings. The summed E-state index contributed by atoms with van der Waals surface area (Å²) in [4.78, 5) is 0. The van der Waals surface area contributed by atoms with Crippen molar-refractivity contribution in [2.45, 2.75) is 32.8 Å². The molecule has 0 unspecified atom stereocenters. The summed E-state index contributed by atoms with van der Waals surface area (Å²) in [7, 11) is -3.32. The van der Waals surface area contributed by atoms with Crippen LogP contribution in [0.15, 0.2) is 30.3 Å². The van der Waals surface area contributed by atoms with Gasteiger partial charge in [0.05, 0.1) is 6.61 Å². The van der Waals surface area contributed by atoms with E-state index in [1.165, 1.54) is 0 Å². The molecule has 0 spiro atoms. The Morgan fingerprint density at radius 1 is 1.23 bits per heavy atom. The normalized spacial score (nSPS) is 17.7. The Hall–Kier alpha value is -0.950. The van der Waals surface area contributed by atoms with Gasteiger partial charge in [-0.25, -0.2) is 4.72 Å². The van der Waals surface area contributed by atoms with Gasteiger partial charge in [-0.2, -0.15) is 12.7 Å². The van der Waals surface area contributed by atoms with Crippen molar-refractivity contribution in [2.75, 3.05) is 26.2 Å². The number of ether oxygens (including phenoxy) is 1. The number of nitrogens with zero attached hydrogens (tertiary/aromatic N) is 1. The van der Waals surface area contributed by atoms with E-state index in [0.29, 0.717) is 45.2 Å². The van der Waals surface area contributed by atoms with Gasteiger partial charge in [-0.15, -0.1) is 0 Å². The average Bonchev–Trinajstić information content (AvgIpc) is 2.52. The molecule has 1 saturated heterocycles. The molecule has 0 radical (unpaired) electrons. The van der Waals surface area contributed by atoms with Crippen LogP contribution in [0.4, 0.5) is 0 Å². The number of piperidine rings is 1. The first-order chi connectivity index (χ1) is 10.6. The monoisotopic (exact) mass is 326 g/mol. The van der Waals surface area contributed by atoms with E-state index >= 15 is 0 Å². The Morgan fingerprint density at radius 2 is 1.91 bits per heavy atom. The second kappa shape index (κ2) is 8.62. The minimum Gasteiger partial charge on any atom is -0.377 e. The van der Waals surface area contributed by atoms with E-state index in [1.807, 2.05) is 30.3 Å². The summed E-state index contributed by atoms with van der Waals surface area (Å²) in [5, 5.41) is 0. The average molecular weight is 326 g/mol. The molecule has 124 valence electrons. The van der Waals surface area contributed by atoms with Crippen molar-refractivity contribution in [3.05, 3.63) is 35.9 Å². The van der Waals surface area contributed by atoms with Crippen LogP contribution >= 0.6 is 0 Å². The molecule has 1 aliphatic heterocycles. The number of nitrogens with one attached hydrogen (secondary N) is 1. The lowest BCUT2D eigenvalue weighted by atomic mass is 10.0. The fourth-order valence-electron chi connectivity index (χ4n) is 2.46. The lowest BCUT2D eigenvalue weighted by Gasteiger charge is -2.29. The molecule has 0 aliphatic carbocycles. The third-order valence-electron chi connectivity index (χ3n) is 3.94. The smallest absolute Gasteiger partial charge is 0.279 e. The Kier molecular flexibility index (Phi) is 6.82. The van der Waals surface area contributed by atoms with Gasteiger partial charge in [0, 0.05) is 26.2 Å². The van der Waals surface area contributed by atoms with Crippen molar-refractivity contribution >= 4 is 10.2 Å². The molecular formula is C16H26N2O3S. The molecule has 0 aromatic heterocycles. The van der Waals surface area contributed by atoms with E-state index in [2.05, 4.69) is 11.6 Å². The van der Waals surface area contributed by atoms with Crippen molar-refractivity contribution in [3.8, 4) is 0 Å². The van der Waals surface area contributed by atoms with E-state index in [9.17, 15) is 8.42 Å². The lowest BCUT2D eigenvalue weighted by Crippen LogP contribution is -2.45. The minimum absolute atomic E-state index is 0.420. The van der Waals surface area contributed by atoms with Crippen molar-refractivity contribution in [2.24, 2.45) is 5.92 Å². The van der Waals surface area contributed by atoms with Crippen LogP contribution in [0, 0.1) is 5.92 Å². The molecule has 1 fully saturated rings. The van der Waals surface area contributed by atoms with Crippen LogP contribution < -0.4 is 4.72 Å². The summed E-state index contributed by atoms with van der Waals surface area (Å²) in [6, 6.07) is 9.96. The Morgan fingerprint density at radius 3 is 2.59 bits per heavy atom. The van der Waals surface area contributed by atoms with Gasteiger partial charge in [-0.05, 0) is 30.7 Å². The van der Waals surface area contributed by atoms with E-state index in [4.69, 9.17) is 4.74 Å². The number of hydrogen-bond donors (Lipinski definition) is 1. The van der Waals surface area contributed by atoms with Gasteiger partial charge in [-0.3, -0.25) is 0 Å². The highest BCUT2D eigenvalue weighted by molar-refractivity contribution is 7.87. The molecule has 0 saturated carbocycles. The maximum Gasteiger partial charge on any atom is 0.279 e. The maximum absolute atomic E-state index is 12.1. The molecular weight excluding hydrogens is 300 g/mol. The van der Waals surface area contributed by atoms with Crippen LogP contribution in [0.1, 0.15) is 31.7 Å². The summed E-state index contributed by atoms with van der Waals surface area (Å²) in [5.41, 5.74) is 1.13. The molecule has 0 amide bonds. The SMILES string of the molecule is CC1CCN(S(=O)(=O)NCCCOCc2ccccc2)CC1. The number of rotatable bonds is 8. The maximum atomic E-state index is 12.1. The van der Waals surface area contributed by atoms with Gasteiger partial charge < -0.3 is 4.74 Å². The van der Waals surface area contributed by atoms with Gasteiger partial charge >= 0.3 is 0 Å². The zero-order valence-corrected chi connectivity index (χ0v) is 14.0. The van der Waals surface area contributed by atoms with Crippen LogP contribution in [0.3, 0.4) is 0 Å². The van der Waals surface area contributed by atoms with E-state index in [0.717, 1.165) is 18.4 Å². The predicted molar refractivity (Wildman–Crippen MR) is 87.6 cm³/mol. The van der Waals surface area contributed by atoms with Crippen molar-refractivity contribution in [1.82, 2.24) is 9.03 Å². The number of benzene rings is 1. The Bertz CT molecular complexity index is 526. The summed E-state index contributed by atoms with van der Waals surface area (Å²) >= 11 is 0. The first-order valence-electron chi connectivity index (χ1n) is 7.94. The standard InChI is InChI=1S/C16H26N2O3S/c1-15-8-11-18(12-9-15)22(19,20)17-10-5-13-21-14-16-6-3-2-4-7-16/h2-4,6-7,15,17H,5,8-14H2,1H3. The summed E-state index contributed by atoms with van der Waals surface area (Å²) < 4.78 is 34.0. The third-order valence-corrected chi connectivity index (χ3v) is 5.56.